The first-order chi connectivity index (χ1) is 4.18. The molecule has 0 fully saturated rings. The smallest absolute Gasteiger partial charge is 0.00390 e. The summed E-state index contributed by atoms with van der Waals surface area (Å²) in [6, 6.07) is 0.321. The van der Waals surface area contributed by atoms with E-state index in [2.05, 4.69) is 19.1 Å². The number of hydrogen-bond acceptors (Lipinski definition) is 1. The third-order valence-electron chi connectivity index (χ3n) is 1.64. The zero-order valence-electron chi connectivity index (χ0n) is 6.59. The van der Waals surface area contributed by atoms with Gasteiger partial charge in [0, 0.05) is 6.04 Å². The third kappa shape index (κ3) is 4.22. The fourth-order valence-corrected chi connectivity index (χ4v) is 0.565. The number of rotatable bonds is 3. The van der Waals surface area contributed by atoms with E-state index in [0.29, 0.717) is 12.0 Å². The molecule has 0 rings (SSSR count). The van der Waals surface area contributed by atoms with E-state index < -0.39 is 0 Å². The van der Waals surface area contributed by atoms with Crippen molar-refractivity contribution in [1.82, 2.24) is 0 Å². The second-order valence-corrected chi connectivity index (χ2v) is 2.64. The summed E-state index contributed by atoms with van der Waals surface area (Å²) < 4.78 is 0. The normalized spacial score (nSPS) is 18.2. The summed E-state index contributed by atoms with van der Waals surface area (Å²) in [5.74, 6) is 0.612. The van der Waals surface area contributed by atoms with Gasteiger partial charge in [-0.15, -0.1) is 0 Å². The van der Waals surface area contributed by atoms with Crippen molar-refractivity contribution in [2.24, 2.45) is 11.7 Å². The van der Waals surface area contributed by atoms with E-state index >= 15 is 0 Å². The molecular formula is C8H17N. The molecule has 1 nitrogen and oxygen atoms in total. The molecule has 2 N–H and O–H groups in total. The van der Waals surface area contributed by atoms with E-state index in [-0.39, 0.29) is 0 Å². The lowest BCUT2D eigenvalue weighted by Gasteiger charge is -2.11. The van der Waals surface area contributed by atoms with Gasteiger partial charge < -0.3 is 5.73 Å². The van der Waals surface area contributed by atoms with Gasteiger partial charge in [0.1, 0.15) is 0 Å². The SMILES string of the molecule is CC=CCC(C)C(C)N. The predicted molar refractivity (Wildman–Crippen MR) is 42.2 cm³/mol. The maximum absolute atomic E-state index is 5.64. The second-order valence-electron chi connectivity index (χ2n) is 2.64. The van der Waals surface area contributed by atoms with E-state index in [1.807, 2.05) is 13.8 Å². The number of nitrogens with two attached hydrogens (primary N) is 1. The predicted octanol–water partition coefficient (Wildman–Crippen LogP) is 1.94. The first-order valence-corrected chi connectivity index (χ1v) is 3.55. The van der Waals surface area contributed by atoms with Gasteiger partial charge >= 0.3 is 0 Å². The Kier molecular flexibility index (Phi) is 4.41. The van der Waals surface area contributed by atoms with Gasteiger partial charge in [-0.3, -0.25) is 0 Å². The minimum absolute atomic E-state index is 0.321. The molecule has 0 amide bonds. The molecule has 0 aromatic rings. The average molecular weight is 127 g/mol. The Morgan fingerprint density at radius 3 is 2.33 bits per heavy atom. The lowest BCUT2D eigenvalue weighted by Crippen LogP contribution is -2.23. The Hall–Kier alpha value is -0.300. The van der Waals surface area contributed by atoms with Gasteiger partial charge in [0.25, 0.3) is 0 Å². The van der Waals surface area contributed by atoms with Crippen LogP contribution in [0.3, 0.4) is 0 Å². The zero-order chi connectivity index (χ0) is 7.28. The highest BCUT2D eigenvalue weighted by molar-refractivity contribution is 4.81. The molecule has 0 aliphatic rings. The van der Waals surface area contributed by atoms with Crippen LogP contribution in [0, 0.1) is 5.92 Å². The van der Waals surface area contributed by atoms with E-state index in [1.165, 1.54) is 0 Å². The summed E-state index contributed by atoms with van der Waals surface area (Å²) in [5.41, 5.74) is 5.64. The average Bonchev–Trinajstić information content (AvgIpc) is 1.82. The molecule has 0 saturated carbocycles. The van der Waals surface area contributed by atoms with E-state index in [4.69, 9.17) is 5.73 Å². The van der Waals surface area contributed by atoms with Crippen LogP contribution in [-0.2, 0) is 0 Å². The quantitative estimate of drug-likeness (QED) is 0.576. The van der Waals surface area contributed by atoms with Crippen molar-refractivity contribution in [3.05, 3.63) is 12.2 Å². The Bertz CT molecular complexity index is 84.6. The van der Waals surface area contributed by atoms with Gasteiger partial charge in [-0.25, -0.2) is 0 Å². The minimum atomic E-state index is 0.321. The first kappa shape index (κ1) is 8.70. The molecule has 0 bridgehead atoms. The largest absolute Gasteiger partial charge is 0.328 e. The van der Waals surface area contributed by atoms with Crippen LogP contribution in [0.5, 0.6) is 0 Å². The summed E-state index contributed by atoms with van der Waals surface area (Å²) in [4.78, 5) is 0. The highest BCUT2D eigenvalue weighted by Gasteiger charge is 2.03. The molecule has 0 aliphatic carbocycles. The monoisotopic (exact) mass is 127 g/mol. The maximum Gasteiger partial charge on any atom is 0.00390 e. The lowest BCUT2D eigenvalue weighted by molar-refractivity contribution is 0.490. The van der Waals surface area contributed by atoms with E-state index in [0.717, 1.165) is 6.42 Å². The summed E-state index contributed by atoms with van der Waals surface area (Å²) in [7, 11) is 0. The van der Waals surface area contributed by atoms with Crippen LogP contribution < -0.4 is 5.73 Å². The van der Waals surface area contributed by atoms with Crippen molar-refractivity contribution in [1.29, 1.82) is 0 Å². The Balaban J connectivity index is 3.38. The highest BCUT2D eigenvalue weighted by Crippen LogP contribution is 2.05. The van der Waals surface area contributed by atoms with Crippen molar-refractivity contribution in [3.8, 4) is 0 Å². The molecule has 0 spiro atoms. The molecule has 0 aromatic heterocycles. The van der Waals surface area contributed by atoms with Gasteiger partial charge in [-0.2, -0.15) is 0 Å². The van der Waals surface area contributed by atoms with Gasteiger partial charge in [0.05, 0.1) is 0 Å². The van der Waals surface area contributed by atoms with Crippen LogP contribution in [0.2, 0.25) is 0 Å². The van der Waals surface area contributed by atoms with Gasteiger partial charge in [-0.1, -0.05) is 19.1 Å². The molecule has 0 heterocycles. The molecule has 2 atom stereocenters. The molecule has 0 saturated heterocycles. The third-order valence-corrected chi connectivity index (χ3v) is 1.64. The van der Waals surface area contributed by atoms with Crippen LogP contribution in [0.4, 0.5) is 0 Å². The van der Waals surface area contributed by atoms with Crippen LogP contribution in [0.1, 0.15) is 27.2 Å². The van der Waals surface area contributed by atoms with Gasteiger partial charge in [0.15, 0.2) is 0 Å². The van der Waals surface area contributed by atoms with E-state index in [1.54, 1.807) is 0 Å². The Labute approximate surface area is 57.9 Å². The fourth-order valence-electron chi connectivity index (χ4n) is 0.565. The molecule has 0 aromatic carbocycles. The Morgan fingerprint density at radius 1 is 1.44 bits per heavy atom. The van der Waals surface area contributed by atoms with E-state index in [9.17, 15) is 0 Å². The van der Waals surface area contributed by atoms with Crippen molar-refractivity contribution < 1.29 is 0 Å². The summed E-state index contributed by atoms with van der Waals surface area (Å²) in [5, 5.41) is 0. The van der Waals surface area contributed by atoms with Gasteiger partial charge in [-0.05, 0) is 26.2 Å². The van der Waals surface area contributed by atoms with Crippen LogP contribution in [0.15, 0.2) is 12.2 Å². The maximum atomic E-state index is 5.64. The van der Waals surface area contributed by atoms with Crippen molar-refractivity contribution in [2.45, 2.75) is 33.2 Å². The van der Waals surface area contributed by atoms with Gasteiger partial charge in [0.2, 0.25) is 0 Å². The lowest BCUT2D eigenvalue weighted by atomic mass is 10.0. The van der Waals surface area contributed by atoms with Crippen LogP contribution in [-0.4, -0.2) is 6.04 Å². The van der Waals surface area contributed by atoms with Crippen LogP contribution >= 0.6 is 0 Å². The number of allylic oxidation sites excluding steroid dienone is 2. The second kappa shape index (κ2) is 4.57. The number of hydrogen-bond donors (Lipinski definition) is 1. The molecule has 2 unspecified atom stereocenters. The summed E-state index contributed by atoms with van der Waals surface area (Å²) >= 11 is 0. The fraction of sp³-hybridized carbons (Fsp3) is 0.750. The van der Waals surface area contributed by atoms with Crippen molar-refractivity contribution >= 4 is 0 Å². The zero-order valence-corrected chi connectivity index (χ0v) is 6.59. The summed E-state index contributed by atoms with van der Waals surface area (Å²) in [6.07, 6.45) is 5.33. The topological polar surface area (TPSA) is 26.0 Å². The highest BCUT2D eigenvalue weighted by atomic mass is 14.6. The van der Waals surface area contributed by atoms with Crippen molar-refractivity contribution in [2.75, 3.05) is 0 Å². The molecular weight excluding hydrogens is 110 g/mol. The molecule has 1 heteroatoms. The molecule has 54 valence electrons. The Morgan fingerprint density at radius 2 is 2.00 bits per heavy atom. The molecule has 0 aliphatic heterocycles. The summed E-state index contributed by atoms with van der Waals surface area (Å²) in [6.45, 7) is 6.26. The molecule has 9 heavy (non-hydrogen) atoms. The minimum Gasteiger partial charge on any atom is -0.328 e. The first-order valence-electron chi connectivity index (χ1n) is 3.55. The standard InChI is InChI=1S/C8H17N/c1-4-5-6-7(2)8(3)9/h4-5,7-8H,6,9H2,1-3H3. The molecule has 0 radical (unpaired) electrons. The van der Waals surface area contributed by atoms with Crippen molar-refractivity contribution in [3.63, 3.8) is 0 Å². The van der Waals surface area contributed by atoms with Crippen LogP contribution in [0.25, 0.3) is 0 Å².